The first-order chi connectivity index (χ1) is 15.8. The Balaban J connectivity index is 1.69. The molecule has 7 atom stereocenters. The van der Waals surface area contributed by atoms with Gasteiger partial charge in [-0.25, -0.2) is 0 Å². The van der Waals surface area contributed by atoms with Crippen LogP contribution in [0.15, 0.2) is 30.3 Å². The number of hydrogen-bond donors (Lipinski definition) is 2. The van der Waals surface area contributed by atoms with Gasteiger partial charge in [0.05, 0.1) is 6.10 Å². The molecule has 0 spiro atoms. The largest absolute Gasteiger partial charge is 0.392 e. The van der Waals surface area contributed by atoms with E-state index in [1.165, 1.54) is 0 Å². The van der Waals surface area contributed by atoms with Crippen molar-refractivity contribution in [2.75, 3.05) is 7.05 Å². The second-order valence-electron chi connectivity index (χ2n) is 12.7. The molecular weight excluding hydrogens is 424 g/mol. The van der Waals surface area contributed by atoms with Crippen LogP contribution < -0.4 is 5.32 Å². The average Bonchev–Trinajstić information content (AvgIpc) is 2.74. The summed E-state index contributed by atoms with van der Waals surface area (Å²) in [6.45, 7) is 13.3. The van der Waals surface area contributed by atoms with Gasteiger partial charge in [0.25, 0.3) is 0 Å². The second-order valence-corrected chi connectivity index (χ2v) is 12.7. The summed E-state index contributed by atoms with van der Waals surface area (Å²) in [6, 6.07) is 10.1. The second kappa shape index (κ2) is 10.4. The lowest BCUT2D eigenvalue weighted by molar-refractivity contribution is -0.150. The lowest BCUT2D eigenvalue weighted by Crippen LogP contribution is -2.58. The third-order valence-electron chi connectivity index (χ3n) is 8.60. The van der Waals surface area contributed by atoms with Crippen LogP contribution in [0.25, 0.3) is 0 Å². The Morgan fingerprint density at radius 2 is 1.79 bits per heavy atom. The number of fused-ring (bicyclic) bond motifs is 1. The number of aliphatic hydroxyl groups excluding tert-OH is 1. The Hall–Kier alpha value is -1.88. The Morgan fingerprint density at radius 1 is 1.18 bits per heavy atom. The summed E-state index contributed by atoms with van der Waals surface area (Å²) in [5.41, 5.74) is 1.12. The van der Waals surface area contributed by atoms with Gasteiger partial charge in [-0.3, -0.25) is 9.59 Å². The standard InChI is InChI=1S/C29H46N2O3/c1-19(27(34)31(7)18-21-11-9-8-10-12-21)22-13-15-29(6)16-14-23(20(2)25(29)26(22)33)30-24(32)17-28(3,4)5/h8-12,19-20,22-23,25-26,33H,13-18H2,1-7H3,(H,30,32)/t19-,20-,22-,23-,25+,26-,29+/m0/s1. The van der Waals surface area contributed by atoms with Gasteiger partial charge in [-0.15, -0.1) is 0 Å². The molecule has 0 unspecified atom stereocenters. The molecule has 2 N–H and O–H groups in total. The van der Waals surface area contributed by atoms with Crippen molar-refractivity contribution in [3.63, 3.8) is 0 Å². The summed E-state index contributed by atoms with van der Waals surface area (Å²) in [5, 5.41) is 14.9. The third kappa shape index (κ3) is 6.02. The van der Waals surface area contributed by atoms with E-state index in [1.54, 1.807) is 4.90 Å². The molecule has 1 aromatic rings. The van der Waals surface area contributed by atoms with Crippen molar-refractivity contribution in [2.45, 2.75) is 92.3 Å². The van der Waals surface area contributed by atoms with E-state index >= 15 is 0 Å². The van der Waals surface area contributed by atoms with Crippen LogP contribution >= 0.6 is 0 Å². The molecule has 3 rings (SSSR count). The number of carbonyl (C=O) groups excluding carboxylic acids is 2. The molecule has 2 aliphatic rings. The maximum Gasteiger partial charge on any atom is 0.225 e. The molecule has 2 saturated carbocycles. The summed E-state index contributed by atoms with van der Waals surface area (Å²) in [5.74, 6) is 0.141. The first kappa shape index (κ1) is 26.7. The first-order valence-electron chi connectivity index (χ1n) is 13.1. The summed E-state index contributed by atoms with van der Waals surface area (Å²) in [4.78, 5) is 27.8. The predicted molar refractivity (Wildman–Crippen MR) is 137 cm³/mol. The van der Waals surface area contributed by atoms with Crippen LogP contribution in [0.3, 0.4) is 0 Å². The van der Waals surface area contributed by atoms with Crippen molar-refractivity contribution in [1.82, 2.24) is 10.2 Å². The van der Waals surface area contributed by atoms with Gasteiger partial charge >= 0.3 is 0 Å². The molecule has 2 aliphatic carbocycles. The van der Waals surface area contributed by atoms with Gasteiger partial charge in [0.15, 0.2) is 0 Å². The molecule has 0 bridgehead atoms. The predicted octanol–water partition coefficient (Wildman–Crippen LogP) is 5.03. The zero-order valence-electron chi connectivity index (χ0n) is 22.3. The summed E-state index contributed by atoms with van der Waals surface area (Å²) in [6.07, 6.45) is 3.81. The van der Waals surface area contributed by atoms with E-state index in [0.717, 1.165) is 31.2 Å². The minimum absolute atomic E-state index is 0.0481. The topological polar surface area (TPSA) is 69.6 Å². The molecular formula is C29H46N2O3. The lowest BCUT2D eigenvalue weighted by Gasteiger charge is -2.56. The Bertz CT molecular complexity index is 849. The zero-order chi connectivity index (χ0) is 25.3. The molecule has 190 valence electrons. The van der Waals surface area contributed by atoms with Crippen LogP contribution in [-0.2, 0) is 16.1 Å². The van der Waals surface area contributed by atoms with Crippen molar-refractivity contribution in [2.24, 2.45) is 34.5 Å². The normalized spacial score (nSPS) is 32.4. The van der Waals surface area contributed by atoms with Gasteiger partial charge in [0, 0.05) is 32.0 Å². The molecule has 0 heterocycles. The molecule has 0 aromatic heterocycles. The van der Waals surface area contributed by atoms with E-state index in [2.05, 4.69) is 39.9 Å². The van der Waals surface area contributed by atoms with Gasteiger partial charge in [-0.2, -0.15) is 0 Å². The number of benzene rings is 1. The number of carbonyl (C=O) groups is 2. The van der Waals surface area contributed by atoms with Gasteiger partial charge < -0.3 is 15.3 Å². The van der Waals surface area contributed by atoms with E-state index in [9.17, 15) is 14.7 Å². The van der Waals surface area contributed by atoms with E-state index in [1.807, 2.05) is 44.3 Å². The monoisotopic (exact) mass is 470 g/mol. The highest BCUT2D eigenvalue weighted by Gasteiger charge is 2.54. The van der Waals surface area contributed by atoms with Gasteiger partial charge in [-0.1, -0.05) is 71.9 Å². The van der Waals surface area contributed by atoms with Crippen molar-refractivity contribution < 1.29 is 14.7 Å². The molecule has 0 aliphatic heterocycles. The lowest BCUT2D eigenvalue weighted by atomic mass is 9.51. The Labute approximate surface area is 206 Å². The molecule has 34 heavy (non-hydrogen) atoms. The highest BCUT2D eigenvalue weighted by molar-refractivity contribution is 5.78. The maximum absolute atomic E-state index is 13.3. The molecule has 2 amide bonds. The zero-order valence-corrected chi connectivity index (χ0v) is 22.3. The van der Waals surface area contributed by atoms with Crippen molar-refractivity contribution in [3.8, 4) is 0 Å². The molecule has 2 fully saturated rings. The number of aliphatic hydroxyl groups is 1. The molecule has 0 saturated heterocycles. The fourth-order valence-corrected chi connectivity index (χ4v) is 6.70. The van der Waals surface area contributed by atoms with Crippen LogP contribution in [0, 0.1) is 34.5 Å². The van der Waals surface area contributed by atoms with Crippen molar-refractivity contribution in [3.05, 3.63) is 35.9 Å². The van der Waals surface area contributed by atoms with Crippen LogP contribution in [-0.4, -0.2) is 41.0 Å². The van der Waals surface area contributed by atoms with E-state index in [-0.39, 0.29) is 52.4 Å². The molecule has 0 radical (unpaired) electrons. The molecule has 5 nitrogen and oxygen atoms in total. The fraction of sp³-hybridized carbons (Fsp3) is 0.724. The minimum atomic E-state index is -0.542. The van der Waals surface area contributed by atoms with Crippen LogP contribution in [0.1, 0.15) is 79.2 Å². The summed E-state index contributed by atoms with van der Waals surface area (Å²) < 4.78 is 0. The maximum atomic E-state index is 13.3. The quantitative estimate of drug-likeness (QED) is 0.613. The minimum Gasteiger partial charge on any atom is -0.392 e. The summed E-state index contributed by atoms with van der Waals surface area (Å²) in [7, 11) is 1.86. The van der Waals surface area contributed by atoms with Crippen molar-refractivity contribution in [1.29, 1.82) is 0 Å². The van der Waals surface area contributed by atoms with Crippen LogP contribution in [0.4, 0.5) is 0 Å². The van der Waals surface area contributed by atoms with Crippen molar-refractivity contribution >= 4 is 11.8 Å². The number of amides is 2. The van der Waals surface area contributed by atoms with Gasteiger partial charge in [-0.05, 0) is 59.8 Å². The van der Waals surface area contributed by atoms with E-state index < -0.39 is 6.10 Å². The number of rotatable bonds is 6. The average molecular weight is 471 g/mol. The summed E-state index contributed by atoms with van der Waals surface area (Å²) >= 11 is 0. The highest BCUT2D eigenvalue weighted by atomic mass is 16.3. The first-order valence-corrected chi connectivity index (χ1v) is 13.1. The van der Waals surface area contributed by atoms with Crippen LogP contribution in [0.2, 0.25) is 0 Å². The van der Waals surface area contributed by atoms with E-state index in [4.69, 9.17) is 0 Å². The van der Waals surface area contributed by atoms with Crippen LogP contribution in [0.5, 0.6) is 0 Å². The number of nitrogens with zero attached hydrogens (tertiary/aromatic N) is 1. The van der Waals surface area contributed by atoms with Gasteiger partial charge in [0.1, 0.15) is 0 Å². The van der Waals surface area contributed by atoms with Gasteiger partial charge in [0.2, 0.25) is 11.8 Å². The Morgan fingerprint density at radius 3 is 2.41 bits per heavy atom. The number of nitrogens with one attached hydrogen (secondary N) is 1. The Kier molecular flexibility index (Phi) is 8.17. The fourth-order valence-electron chi connectivity index (χ4n) is 6.70. The third-order valence-corrected chi connectivity index (χ3v) is 8.60. The highest BCUT2D eigenvalue weighted by Crippen LogP contribution is 2.55. The smallest absolute Gasteiger partial charge is 0.225 e. The number of hydrogen-bond acceptors (Lipinski definition) is 3. The molecule has 1 aromatic carbocycles. The van der Waals surface area contributed by atoms with E-state index in [0.29, 0.717) is 13.0 Å². The SMILES string of the molecule is C[C@@H]1[C@@H]2[C@@H](O)[C@H]([C@H](C)C(=O)N(C)Cc3ccccc3)CC[C@]2(C)CC[C@@H]1NC(=O)CC(C)(C)C. The molecule has 5 heteroatoms.